The molecule has 3 aromatic heterocycles. The Balaban J connectivity index is 1.31. The predicted molar refractivity (Wildman–Crippen MR) is 210 cm³/mol. The zero-order chi connectivity index (χ0) is 35.7. The molecule has 0 aliphatic heterocycles. The number of nitrogens with zero attached hydrogens (tertiary/aromatic N) is 5. The Morgan fingerprint density at radius 3 is 1.65 bits per heavy atom. The minimum atomic E-state index is -0.116. The zero-order valence-electron chi connectivity index (χ0n) is 30.7. The molecule has 0 radical (unpaired) electrons. The third-order valence-electron chi connectivity index (χ3n) is 10.4. The summed E-state index contributed by atoms with van der Waals surface area (Å²) >= 11 is 0. The third-order valence-corrected chi connectivity index (χ3v) is 10.4. The van der Waals surface area contributed by atoms with Crippen LogP contribution in [0.2, 0.25) is 0 Å². The van der Waals surface area contributed by atoms with E-state index < -0.39 is 0 Å². The topological polar surface area (TPSA) is 64.5 Å². The van der Waals surface area contributed by atoms with Crippen molar-refractivity contribution in [3.63, 3.8) is 0 Å². The SMILES string of the molecule is CC(C)(C)c1ccc(-c2nc(-c3ccc(C(C)(C)C)cc3)nc(-c3cc(-c4ccc5c(c4)C(C)(C)c4ccccc4-5)nc4ccncc34)n2)cc1. The second kappa shape index (κ2) is 11.8. The number of benzene rings is 4. The number of hydrogen-bond donors (Lipinski definition) is 0. The summed E-state index contributed by atoms with van der Waals surface area (Å²) in [6, 6.07) is 36.7. The van der Waals surface area contributed by atoms with E-state index in [4.69, 9.17) is 19.9 Å². The zero-order valence-corrected chi connectivity index (χ0v) is 30.7. The van der Waals surface area contributed by atoms with Gasteiger partial charge in [-0.2, -0.15) is 0 Å². The minimum Gasteiger partial charge on any atom is -0.264 e. The standard InChI is InChI=1S/C46H43N5/c1-44(2,3)31-18-13-28(14-19-31)41-49-42(29-15-20-32(21-16-29)45(4,5)6)51-43(50-41)35-26-40(48-39-23-24-47-27-36(35)39)30-17-22-34-33-11-9-10-12-37(33)46(7,8)38(34)25-30/h9-27H,1-8H3. The average molecular weight is 666 g/mol. The molecule has 8 rings (SSSR count). The van der Waals surface area contributed by atoms with E-state index in [-0.39, 0.29) is 16.2 Å². The van der Waals surface area contributed by atoms with Crippen molar-refractivity contribution in [3.8, 4) is 56.5 Å². The van der Waals surface area contributed by atoms with Gasteiger partial charge in [0.15, 0.2) is 17.5 Å². The molecule has 3 heterocycles. The first-order valence-electron chi connectivity index (χ1n) is 17.8. The van der Waals surface area contributed by atoms with Crippen LogP contribution in [0.1, 0.15) is 77.6 Å². The Morgan fingerprint density at radius 2 is 1.04 bits per heavy atom. The van der Waals surface area contributed by atoms with E-state index in [9.17, 15) is 0 Å². The molecule has 252 valence electrons. The molecule has 0 atom stereocenters. The summed E-state index contributed by atoms with van der Waals surface area (Å²) < 4.78 is 0. The van der Waals surface area contributed by atoms with Crippen LogP contribution in [-0.4, -0.2) is 24.9 Å². The molecule has 0 fully saturated rings. The molecular formula is C46H43N5. The number of aromatic nitrogens is 5. The molecule has 7 aromatic rings. The number of fused-ring (bicyclic) bond motifs is 4. The van der Waals surface area contributed by atoms with Gasteiger partial charge in [0, 0.05) is 45.4 Å². The first-order chi connectivity index (χ1) is 24.3. The lowest BCUT2D eigenvalue weighted by atomic mass is 9.82. The molecule has 0 amide bonds. The van der Waals surface area contributed by atoms with Crippen LogP contribution in [0.25, 0.3) is 67.5 Å². The van der Waals surface area contributed by atoms with Crippen LogP contribution >= 0.6 is 0 Å². The molecule has 0 bridgehead atoms. The minimum absolute atomic E-state index is 0.0394. The highest BCUT2D eigenvalue weighted by atomic mass is 15.0. The van der Waals surface area contributed by atoms with Gasteiger partial charge < -0.3 is 0 Å². The lowest BCUT2D eigenvalue weighted by Gasteiger charge is -2.22. The molecular weight excluding hydrogens is 623 g/mol. The van der Waals surface area contributed by atoms with Gasteiger partial charge in [-0.25, -0.2) is 19.9 Å². The van der Waals surface area contributed by atoms with E-state index in [1.165, 1.54) is 33.4 Å². The molecule has 0 unspecified atom stereocenters. The molecule has 0 N–H and O–H groups in total. The number of pyridine rings is 2. The van der Waals surface area contributed by atoms with Crippen LogP contribution in [0.4, 0.5) is 0 Å². The van der Waals surface area contributed by atoms with Gasteiger partial charge in [0.25, 0.3) is 0 Å². The van der Waals surface area contributed by atoms with Crippen molar-refractivity contribution in [1.82, 2.24) is 24.9 Å². The summed E-state index contributed by atoms with van der Waals surface area (Å²) in [5, 5.41) is 0.893. The smallest absolute Gasteiger partial charge is 0.164 e. The molecule has 5 heteroatoms. The maximum absolute atomic E-state index is 5.17. The van der Waals surface area contributed by atoms with Crippen LogP contribution in [0.3, 0.4) is 0 Å². The molecule has 0 saturated heterocycles. The van der Waals surface area contributed by atoms with E-state index in [0.717, 1.165) is 38.9 Å². The van der Waals surface area contributed by atoms with E-state index in [1.807, 2.05) is 12.3 Å². The Bertz CT molecular complexity index is 2370. The van der Waals surface area contributed by atoms with Gasteiger partial charge in [-0.1, -0.05) is 140 Å². The van der Waals surface area contributed by atoms with Crippen molar-refractivity contribution in [2.75, 3.05) is 0 Å². The molecule has 51 heavy (non-hydrogen) atoms. The summed E-state index contributed by atoms with van der Waals surface area (Å²) in [5.74, 6) is 1.84. The van der Waals surface area contributed by atoms with E-state index in [0.29, 0.717) is 17.5 Å². The van der Waals surface area contributed by atoms with Crippen molar-refractivity contribution in [3.05, 3.63) is 138 Å². The fourth-order valence-electron chi connectivity index (χ4n) is 7.26. The quantitative estimate of drug-likeness (QED) is 0.187. The number of hydrogen-bond acceptors (Lipinski definition) is 5. The summed E-state index contributed by atoms with van der Waals surface area (Å²) in [5.41, 5.74) is 13.2. The molecule has 1 aliphatic carbocycles. The Morgan fingerprint density at radius 1 is 0.490 bits per heavy atom. The van der Waals surface area contributed by atoms with Gasteiger partial charge in [0.05, 0.1) is 11.2 Å². The Hall–Kier alpha value is -5.55. The fourth-order valence-corrected chi connectivity index (χ4v) is 7.26. The van der Waals surface area contributed by atoms with Crippen molar-refractivity contribution < 1.29 is 0 Å². The normalized spacial score (nSPS) is 13.6. The molecule has 0 spiro atoms. The highest BCUT2D eigenvalue weighted by Crippen LogP contribution is 2.49. The molecule has 1 aliphatic rings. The third kappa shape index (κ3) is 5.81. The highest BCUT2D eigenvalue weighted by Gasteiger charge is 2.35. The van der Waals surface area contributed by atoms with Crippen molar-refractivity contribution in [1.29, 1.82) is 0 Å². The van der Waals surface area contributed by atoms with Crippen molar-refractivity contribution in [2.24, 2.45) is 0 Å². The highest BCUT2D eigenvalue weighted by molar-refractivity contribution is 5.95. The molecule has 5 nitrogen and oxygen atoms in total. The summed E-state index contributed by atoms with van der Waals surface area (Å²) in [6.45, 7) is 18.0. The van der Waals surface area contributed by atoms with Crippen LogP contribution in [0, 0.1) is 0 Å². The van der Waals surface area contributed by atoms with Gasteiger partial charge in [-0.05, 0) is 62.4 Å². The van der Waals surface area contributed by atoms with Gasteiger partial charge >= 0.3 is 0 Å². The number of rotatable bonds is 4. The van der Waals surface area contributed by atoms with Gasteiger partial charge in [0.2, 0.25) is 0 Å². The van der Waals surface area contributed by atoms with Crippen LogP contribution < -0.4 is 0 Å². The van der Waals surface area contributed by atoms with Crippen molar-refractivity contribution in [2.45, 2.75) is 71.6 Å². The van der Waals surface area contributed by atoms with E-state index >= 15 is 0 Å². The van der Waals surface area contributed by atoms with Crippen LogP contribution in [-0.2, 0) is 16.2 Å². The second-order valence-electron chi connectivity index (χ2n) is 16.3. The van der Waals surface area contributed by atoms with Gasteiger partial charge in [-0.3, -0.25) is 4.98 Å². The summed E-state index contributed by atoms with van der Waals surface area (Å²) in [6.07, 6.45) is 3.66. The van der Waals surface area contributed by atoms with E-state index in [2.05, 4.69) is 157 Å². The van der Waals surface area contributed by atoms with Crippen LogP contribution in [0.15, 0.2) is 116 Å². The lowest BCUT2D eigenvalue weighted by molar-refractivity contribution is 0.590. The maximum Gasteiger partial charge on any atom is 0.164 e. The van der Waals surface area contributed by atoms with E-state index in [1.54, 1.807) is 6.20 Å². The first kappa shape index (κ1) is 32.6. The Labute approximate surface area is 301 Å². The molecule has 0 saturated carbocycles. The monoisotopic (exact) mass is 665 g/mol. The fraction of sp³-hybridized carbons (Fsp3) is 0.239. The maximum atomic E-state index is 5.17. The largest absolute Gasteiger partial charge is 0.264 e. The first-order valence-corrected chi connectivity index (χ1v) is 17.8. The summed E-state index contributed by atoms with van der Waals surface area (Å²) in [4.78, 5) is 25.1. The van der Waals surface area contributed by atoms with Crippen molar-refractivity contribution >= 4 is 10.9 Å². The summed E-state index contributed by atoms with van der Waals surface area (Å²) in [7, 11) is 0. The van der Waals surface area contributed by atoms with Gasteiger partial charge in [-0.15, -0.1) is 0 Å². The van der Waals surface area contributed by atoms with Gasteiger partial charge in [0.1, 0.15) is 0 Å². The van der Waals surface area contributed by atoms with Crippen LogP contribution in [0.5, 0.6) is 0 Å². The average Bonchev–Trinajstić information content (AvgIpc) is 3.36. The predicted octanol–water partition coefficient (Wildman–Crippen LogP) is 11.4. The molecule has 4 aromatic carbocycles. The Kier molecular flexibility index (Phi) is 7.53. The lowest BCUT2D eigenvalue weighted by Crippen LogP contribution is -2.14. The second-order valence-corrected chi connectivity index (χ2v) is 16.3.